The lowest BCUT2D eigenvalue weighted by molar-refractivity contribution is 0.0501. The lowest BCUT2D eigenvalue weighted by Crippen LogP contribution is -2.12. The maximum absolute atomic E-state index is 5.97. The topological polar surface area (TPSA) is 55.4 Å². The second-order valence-corrected chi connectivity index (χ2v) is 6.97. The highest BCUT2D eigenvalue weighted by atomic mass is 32.1. The van der Waals surface area contributed by atoms with Crippen molar-refractivity contribution in [1.29, 1.82) is 0 Å². The Morgan fingerprint density at radius 3 is 2.04 bits per heavy atom. The van der Waals surface area contributed by atoms with Gasteiger partial charge in [0.25, 0.3) is 0 Å². The van der Waals surface area contributed by atoms with Gasteiger partial charge in [-0.2, -0.15) is 0 Å². The van der Waals surface area contributed by atoms with Gasteiger partial charge in [-0.15, -0.1) is 22.7 Å². The van der Waals surface area contributed by atoms with E-state index in [-0.39, 0.29) is 0 Å². The minimum absolute atomic E-state index is 0.458. The first-order valence-electron chi connectivity index (χ1n) is 8.41. The number of hydrogen-bond acceptors (Lipinski definition) is 8. The molecular weight excluding hydrogens is 376 g/mol. The van der Waals surface area contributed by atoms with Gasteiger partial charge in [-0.1, -0.05) is 6.07 Å². The van der Waals surface area contributed by atoms with Crippen molar-refractivity contribution in [3.8, 4) is 21.3 Å². The van der Waals surface area contributed by atoms with Gasteiger partial charge in [-0.3, -0.25) is 0 Å². The molecule has 0 bridgehead atoms. The Morgan fingerprint density at radius 1 is 0.769 bits per heavy atom. The number of hydrogen-bond donors (Lipinski definition) is 0. The van der Waals surface area contributed by atoms with Gasteiger partial charge < -0.3 is 28.4 Å². The highest BCUT2D eigenvalue weighted by Gasteiger charge is 2.17. The van der Waals surface area contributed by atoms with Crippen LogP contribution in [0.4, 0.5) is 0 Å². The third-order valence-corrected chi connectivity index (χ3v) is 5.27. The van der Waals surface area contributed by atoms with Crippen molar-refractivity contribution < 1.29 is 28.4 Å². The summed E-state index contributed by atoms with van der Waals surface area (Å²) in [7, 11) is 3.31. The molecule has 0 atom stereocenters. The van der Waals surface area contributed by atoms with Crippen LogP contribution >= 0.6 is 22.7 Å². The van der Waals surface area contributed by atoms with E-state index in [1.807, 2.05) is 11.4 Å². The van der Waals surface area contributed by atoms with E-state index in [0.29, 0.717) is 52.9 Å². The summed E-state index contributed by atoms with van der Waals surface area (Å²) in [5, 5.41) is 4.03. The van der Waals surface area contributed by atoms with Crippen LogP contribution in [0.15, 0.2) is 22.9 Å². The van der Waals surface area contributed by atoms with Crippen LogP contribution in [0, 0.1) is 0 Å². The second-order valence-electron chi connectivity index (χ2n) is 5.14. The smallest absolute Gasteiger partial charge is 0.180 e. The summed E-state index contributed by atoms with van der Waals surface area (Å²) in [4.78, 5) is 2.24. The van der Waals surface area contributed by atoms with E-state index in [0.717, 1.165) is 21.3 Å². The van der Waals surface area contributed by atoms with Gasteiger partial charge in [0.1, 0.15) is 13.2 Å². The molecule has 2 heterocycles. The van der Waals surface area contributed by atoms with Crippen molar-refractivity contribution in [3.63, 3.8) is 0 Å². The number of ether oxygens (including phenoxy) is 6. The lowest BCUT2D eigenvalue weighted by Gasteiger charge is -2.11. The minimum atomic E-state index is 0.458. The molecule has 0 aliphatic carbocycles. The standard InChI is InChI=1S/C18H26O6S2/c1-19-5-7-21-9-11-23-15-14-26-18(16-4-3-13-25-16)17(15)24-12-10-22-8-6-20-2/h3-4,13-14H,5-12H2,1-2H3. The van der Waals surface area contributed by atoms with Crippen LogP contribution in [-0.2, 0) is 18.9 Å². The first-order chi connectivity index (χ1) is 12.9. The van der Waals surface area contributed by atoms with Gasteiger partial charge in [0.05, 0.1) is 44.5 Å². The third kappa shape index (κ3) is 7.22. The molecule has 0 saturated heterocycles. The summed E-state index contributed by atoms with van der Waals surface area (Å²) in [6.07, 6.45) is 0. The summed E-state index contributed by atoms with van der Waals surface area (Å²) >= 11 is 3.30. The Hall–Kier alpha value is -1.16. The Labute approximate surface area is 162 Å². The summed E-state index contributed by atoms with van der Waals surface area (Å²) in [5.74, 6) is 1.51. The molecule has 0 saturated carbocycles. The summed E-state index contributed by atoms with van der Waals surface area (Å²) < 4.78 is 32.6. The molecule has 0 radical (unpaired) electrons. The van der Waals surface area contributed by atoms with E-state index >= 15 is 0 Å². The van der Waals surface area contributed by atoms with Gasteiger partial charge in [0, 0.05) is 24.5 Å². The largest absolute Gasteiger partial charge is 0.486 e. The lowest BCUT2D eigenvalue weighted by atomic mass is 10.3. The molecule has 6 nitrogen and oxygen atoms in total. The Balaban J connectivity index is 1.87. The first-order valence-corrected chi connectivity index (χ1v) is 10.2. The minimum Gasteiger partial charge on any atom is -0.486 e. The summed E-state index contributed by atoms with van der Waals surface area (Å²) in [5.41, 5.74) is 0. The fourth-order valence-corrected chi connectivity index (χ4v) is 3.85. The zero-order chi connectivity index (χ0) is 18.5. The van der Waals surface area contributed by atoms with E-state index < -0.39 is 0 Å². The molecule has 0 unspecified atom stereocenters. The fraction of sp³-hybridized carbons (Fsp3) is 0.556. The number of methoxy groups -OCH3 is 2. The van der Waals surface area contributed by atoms with Crippen molar-refractivity contribution in [3.05, 3.63) is 22.9 Å². The zero-order valence-corrected chi connectivity index (χ0v) is 16.9. The maximum atomic E-state index is 5.97. The van der Waals surface area contributed by atoms with Crippen molar-refractivity contribution >= 4 is 22.7 Å². The van der Waals surface area contributed by atoms with E-state index in [1.165, 1.54) is 0 Å². The average molecular weight is 403 g/mol. The molecule has 0 aliphatic rings. The van der Waals surface area contributed by atoms with Crippen LogP contribution < -0.4 is 9.47 Å². The highest BCUT2D eigenvalue weighted by molar-refractivity contribution is 7.20. The third-order valence-electron chi connectivity index (χ3n) is 3.28. The molecule has 0 fully saturated rings. The number of rotatable bonds is 15. The van der Waals surface area contributed by atoms with E-state index in [9.17, 15) is 0 Å². The van der Waals surface area contributed by atoms with E-state index in [2.05, 4.69) is 11.4 Å². The van der Waals surface area contributed by atoms with Gasteiger partial charge in [-0.05, 0) is 11.4 Å². The molecule has 2 aromatic rings. The maximum Gasteiger partial charge on any atom is 0.180 e. The van der Waals surface area contributed by atoms with Crippen LogP contribution in [0.1, 0.15) is 0 Å². The highest BCUT2D eigenvalue weighted by Crippen LogP contribution is 2.45. The molecule has 0 aromatic carbocycles. The number of thiophene rings is 2. The van der Waals surface area contributed by atoms with Crippen LogP contribution in [-0.4, -0.2) is 67.1 Å². The molecule has 26 heavy (non-hydrogen) atoms. The van der Waals surface area contributed by atoms with Crippen molar-refractivity contribution in [2.24, 2.45) is 0 Å². The molecule has 0 amide bonds. The van der Waals surface area contributed by atoms with Gasteiger partial charge in [0.15, 0.2) is 11.5 Å². The van der Waals surface area contributed by atoms with Crippen molar-refractivity contribution in [1.82, 2.24) is 0 Å². The van der Waals surface area contributed by atoms with Gasteiger partial charge in [0.2, 0.25) is 0 Å². The predicted molar refractivity (Wildman–Crippen MR) is 104 cm³/mol. The van der Waals surface area contributed by atoms with Crippen molar-refractivity contribution in [2.45, 2.75) is 0 Å². The molecule has 0 N–H and O–H groups in total. The zero-order valence-electron chi connectivity index (χ0n) is 15.2. The second kappa shape index (κ2) is 13.1. The molecule has 146 valence electrons. The Morgan fingerprint density at radius 2 is 1.42 bits per heavy atom. The molecule has 2 aromatic heterocycles. The van der Waals surface area contributed by atoms with E-state index in [4.69, 9.17) is 28.4 Å². The quantitative estimate of drug-likeness (QED) is 0.425. The molecular formula is C18H26O6S2. The normalized spacial score (nSPS) is 11.0. The predicted octanol–water partition coefficient (Wildman–Crippen LogP) is 3.56. The molecule has 2 rings (SSSR count). The van der Waals surface area contributed by atoms with Crippen LogP contribution in [0.25, 0.3) is 9.75 Å². The first kappa shape index (κ1) is 21.1. The average Bonchev–Trinajstić information content (AvgIpc) is 3.31. The summed E-state index contributed by atoms with van der Waals surface area (Å²) in [6, 6.07) is 4.11. The van der Waals surface area contributed by atoms with Gasteiger partial charge in [-0.25, -0.2) is 0 Å². The SMILES string of the molecule is COCCOCCOc1csc(-c2cccs2)c1OCCOCCOC. The fourth-order valence-electron chi connectivity index (χ4n) is 2.05. The molecule has 8 heteroatoms. The van der Waals surface area contributed by atoms with Crippen LogP contribution in [0.5, 0.6) is 11.5 Å². The van der Waals surface area contributed by atoms with Crippen LogP contribution in [0.3, 0.4) is 0 Å². The van der Waals surface area contributed by atoms with Gasteiger partial charge >= 0.3 is 0 Å². The van der Waals surface area contributed by atoms with Crippen LogP contribution in [0.2, 0.25) is 0 Å². The monoisotopic (exact) mass is 402 g/mol. The Kier molecular flexibility index (Phi) is 10.6. The van der Waals surface area contributed by atoms with E-state index in [1.54, 1.807) is 36.9 Å². The summed E-state index contributed by atoms with van der Waals surface area (Å²) in [6.45, 7) is 4.21. The van der Waals surface area contributed by atoms with Crippen molar-refractivity contribution in [2.75, 3.05) is 67.1 Å². The molecule has 0 spiro atoms. The Bertz CT molecular complexity index is 585. The molecule has 0 aliphatic heterocycles.